The lowest BCUT2D eigenvalue weighted by atomic mass is 9.98. The van der Waals surface area contributed by atoms with E-state index in [1.165, 1.54) is 6.08 Å². The Kier molecular flexibility index (Phi) is 7.59. The van der Waals surface area contributed by atoms with Crippen molar-refractivity contribution in [3.05, 3.63) is 71.1 Å². The van der Waals surface area contributed by atoms with Gasteiger partial charge < -0.3 is 15.1 Å². The van der Waals surface area contributed by atoms with Crippen LogP contribution in [-0.2, 0) is 16.0 Å². The topological polar surface area (TPSA) is 52.7 Å². The maximum atomic E-state index is 12.0. The molecule has 1 aromatic rings. The molecule has 0 saturated carbocycles. The number of nitrogens with one attached hydrogen (secondary N) is 1. The van der Waals surface area contributed by atoms with Crippen molar-refractivity contribution in [1.29, 1.82) is 0 Å². The number of anilines is 1. The Morgan fingerprint density at radius 1 is 1.31 bits per heavy atom. The van der Waals surface area contributed by atoms with Crippen molar-refractivity contribution in [2.24, 2.45) is 0 Å². The van der Waals surface area contributed by atoms with E-state index >= 15 is 0 Å². The average molecular weight is 394 g/mol. The van der Waals surface area contributed by atoms with Gasteiger partial charge in [-0.1, -0.05) is 12.1 Å². The number of carbonyl (C=O) groups is 2. The Hall–Kier alpha value is -3.08. The third kappa shape index (κ3) is 5.47. The maximum absolute atomic E-state index is 12.0. The van der Waals surface area contributed by atoms with E-state index in [9.17, 15) is 9.59 Å². The highest BCUT2D eigenvalue weighted by Gasteiger charge is 2.24. The van der Waals surface area contributed by atoms with Gasteiger partial charge in [0.25, 0.3) is 0 Å². The summed E-state index contributed by atoms with van der Waals surface area (Å²) in [7, 11) is 5.69. The number of rotatable bonds is 8. The summed E-state index contributed by atoms with van der Waals surface area (Å²) in [4.78, 5) is 26.7. The Morgan fingerprint density at radius 3 is 2.66 bits per heavy atom. The molecule has 1 N–H and O–H groups in total. The molecule has 2 rings (SSSR count). The van der Waals surface area contributed by atoms with Gasteiger partial charge in [0.15, 0.2) is 0 Å². The molecule has 1 aromatic carbocycles. The fraction of sp³-hybridized carbons (Fsp3) is 0.333. The molecule has 0 radical (unpaired) electrons. The molecule has 1 heterocycles. The fourth-order valence-corrected chi connectivity index (χ4v) is 3.12. The number of allylic oxidation sites excluding steroid dienone is 6. The molecule has 5 nitrogen and oxygen atoms in total. The van der Waals surface area contributed by atoms with Crippen molar-refractivity contribution < 1.29 is 9.59 Å². The van der Waals surface area contributed by atoms with Crippen molar-refractivity contribution in [1.82, 2.24) is 10.2 Å². The molecular weight excluding hydrogens is 362 g/mol. The molecule has 0 unspecified atom stereocenters. The molecule has 0 atom stereocenters. The third-order valence-corrected chi connectivity index (χ3v) is 5.13. The quantitative estimate of drug-likeness (QED) is 0.416. The highest BCUT2D eigenvalue weighted by molar-refractivity contribution is 6.01. The lowest BCUT2D eigenvalue weighted by Crippen LogP contribution is -2.20. The number of fused-ring (bicyclic) bond motifs is 1. The van der Waals surface area contributed by atoms with Crippen molar-refractivity contribution in [2.75, 3.05) is 26.0 Å². The van der Waals surface area contributed by atoms with Crippen LogP contribution in [0.5, 0.6) is 0 Å². The molecule has 1 amide bonds. The summed E-state index contributed by atoms with van der Waals surface area (Å²) in [5.41, 5.74) is 6.05. The van der Waals surface area contributed by atoms with Crippen molar-refractivity contribution >= 4 is 23.5 Å². The van der Waals surface area contributed by atoms with Gasteiger partial charge in [0, 0.05) is 45.3 Å². The van der Waals surface area contributed by atoms with E-state index < -0.39 is 0 Å². The third-order valence-electron chi connectivity index (χ3n) is 5.13. The second kappa shape index (κ2) is 9.92. The van der Waals surface area contributed by atoms with Crippen LogP contribution >= 0.6 is 0 Å². The van der Waals surface area contributed by atoms with Gasteiger partial charge in [-0.05, 0) is 72.9 Å². The van der Waals surface area contributed by atoms with E-state index in [1.54, 1.807) is 4.90 Å². The van der Waals surface area contributed by atoms with Gasteiger partial charge >= 0.3 is 0 Å². The lowest BCUT2D eigenvalue weighted by Gasteiger charge is -2.20. The van der Waals surface area contributed by atoms with Gasteiger partial charge in [0.1, 0.15) is 6.29 Å². The number of hydrogen-bond acceptors (Lipinski definition) is 4. The fourth-order valence-electron chi connectivity index (χ4n) is 3.12. The number of amides is 1. The molecule has 1 aliphatic heterocycles. The monoisotopic (exact) mass is 393 g/mol. The highest BCUT2D eigenvalue weighted by atomic mass is 16.2. The molecule has 0 aromatic heterocycles. The van der Waals surface area contributed by atoms with Crippen LogP contribution in [0.25, 0.3) is 5.57 Å². The Bertz CT molecular complexity index is 891. The van der Waals surface area contributed by atoms with Crippen LogP contribution in [0.3, 0.4) is 0 Å². The van der Waals surface area contributed by atoms with E-state index in [4.69, 9.17) is 0 Å². The van der Waals surface area contributed by atoms with Crippen LogP contribution in [0.4, 0.5) is 5.69 Å². The summed E-state index contributed by atoms with van der Waals surface area (Å²) in [6.07, 6.45) is 10.6. The van der Waals surface area contributed by atoms with Gasteiger partial charge in [0.2, 0.25) is 5.91 Å². The van der Waals surface area contributed by atoms with Crippen molar-refractivity contribution in [3.8, 4) is 0 Å². The zero-order valence-electron chi connectivity index (χ0n) is 18.2. The Labute approximate surface area is 174 Å². The van der Waals surface area contributed by atoms with Gasteiger partial charge in [-0.15, -0.1) is 0 Å². The first-order chi connectivity index (χ1) is 13.8. The minimum atomic E-state index is 0.115. The first-order valence-corrected chi connectivity index (χ1v) is 9.80. The number of carbonyl (C=O) groups excluding carboxylic acids is 2. The van der Waals surface area contributed by atoms with Crippen LogP contribution in [0.2, 0.25) is 0 Å². The number of likely N-dealkylation sites (N-methyl/N-ethyl adjacent to an activating group) is 1. The minimum absolute atomic E-state index is 0.115. The predicted molar refractivity (Wildman–Crippen MR) is 121 cm³/mol. The number of nitrogens with zero attached hydrogens (tertiary/aromatic N) is 2. The molecule has 1 aliphatic rings. The molecule has 154 valence electrons. The zero-order valence-corrected chi connectivity index (χ0v) is 18.2. The van der Waals surface area contributed by atoms with Gasteiger partial charge in [-0.2, -0.15) is 0 Å². The molecule has 5 heteroatoms. The van der Waals surface area contributed by atoms with Gasteiger partial charge in [0.05, 0.1) is 6.42 Å². The second-order valence-electron chi connectivity index (χ2n) is 7.53. The number of aldehydes is 1. The predicted octanol–water partition coefficient (Wildman–Crippen LogP) is 3.69. The van der Waals surface area contributed by atoms with Gasteiger partial charge in [-0.25, -0.2) is 0 Å². The Morgan fingerprint density at radius 2 is 2.03 bits per heavy atom. The van der Waals surface area contributed by atoms with E-state index in [2.05, 4.69) is 36.2 Å². The maximum Gasteiger partial charge on any atom is 0.231 e. The molecule has 0 aliphatic carbocycles. The molecule has 29 heavy (non-hydrogen) atoms. The molecule has 0 bridgehead atoms. The van der Waals surface area contributed by atoms with E-state index in [1.807, 2.05) is 58.7 Å². The molecule has 0 saturated heterocycles. The van der Waals surface area contributed by atoms with E-state index in [-0.39, 0.29) is 5.91 Å². The van der Waals surface area contributed by atoms with Crippen LogP contribution < -0.4 is 10.2 Å². The first-order valence-electron chi connectivity index (χ1n) is 9.80. The van der Waals surface area contributed by atoms with Crippen LogP contribution in [0.15, 0.2) is 60.0 Å². The largest absolute Gasteiger partial charge is 0.393 e. The highest BCUT2D eigenvalue weighted by Crippen LogP contribution is 2.31. The molecule has 0 fully saturated rings. The lowest BCUT2D eigenvalue weighted by molar-refractivity contribution is -0.117. The van der Waals surface area contributed by atoms with E-state index in [0.29, 0.717) is 12.5 Å². The summed E-state index contributed by atoms with van der Waals surface area (Å²) >= 11 is 0. The van der Waals surface area contributed by atoms with E-state index in [0.717, 1.165) is 39.8 Å². The van der Waals surface area contributed by atoms with Crippen LogP contribution in [0.1, 0.15) is 31.9 Å². The van der Waals surface area contributed by atoms with Crippen molar-refractivity contribution in [2.45, 2.75) is 33.2 Å². The Balaban J connectivity index is 2.44. The smallest absolute Gasteiger partial charge is 0.231 e. The average Bonchev–Trinajstić information content (AvgIpc) is 2.97. The van der Waals surface area contributed by atoms with Crippen molar-refractivity contribution in [3.63, 3.8) is 0 Å². The number of hydrogen-bond donors (Lipinski definition) is 1. The SMILES string of the molecule is CN/C=C(\C=C(/C)C(=CN(C)C(C)C)/C=C\C=O)c1ccc2c(c1)CC(=O)N2C. The summed E-state index contributed by atoms with van der Waals surface area (Å²) < 4.78 is 0. The molecular formula is C24H31N3O2. The normalized spacial score (nSPS) is 15.3. The zero-order chi connectivity index (χ0) is 21.6. The standard InChI is InChI=1S/C24H31N3O2/c1-17(2)26(5)16-20(8-7-11-28)18(3)12-22(15-25-4)19-9-10-23-21(13-19)14-24(29)27(23)6/h7-13,15-17,25H,14H2,1-6H3/b8-7-,18-12+,20-16?,22-15+. The van der Waals surface area contributed by atoms with Crippen LogP contribution in [-0.4, -0.2) is 44.3 Å². The summed E-state index contributed by atoms with van der Waals surface area (Å²) in [5.74, 6) is 0.115. The van der Waals surface area contributed by atoms with Crippen LogP contribution in [0, 0.1) is 0 Å². The summed E-state index contributed by atoms with van der Waals surface area (Å²) in [6, 6.07) is 6.46. The second-order valence-corrected chi connectivity index (χ2v) is 7.53. The van der Waals surface area contributed by atoms with Gasteiger partial charge in [-0.3, -0.25) is 9.59 Å². The summed E-state index contributed by atoms with van der Waals surface area (Å²) in [6.45, 7) is 6.26. The summed E-state index contributed by atoms with van der Waals surface area (Å²) in [5, 5.41) is 3.11. The first kappa shape index (κ1) is 22.2. The molecule has 0 spiro atoms. The minimum Gasteiger partial charge on any atom is -0.393 e. The number of benzene rings is 1.